The SMILES string of the molecule is CN=C(NCC1CCCN(CC(C)C)C1)N(C)Cc1nc2c(s1)CCCC2. The quantitative estimate of drug-likeness (QED) is 0.596. The summed E-state index contributed by atoms with van der Waals surface area (Å²) in [6.45, 7) is 10.2. The zero-order valence-corrected chi connectivity index (χ0v) is 18.4. The summed E-state index contributed by atoms with van der Waals surface area (Å²) in [5.41, 5.74) is 1.35. The van der Waals surface area contributed by atoms with Crippen molar-refractivity contribution in [3.63, 3.8) is 0 Å². The highest BCUT2D eigenvalue weighted by molar-refractivity contribution is 7.11. The minimum Gasteiger partial charge on any atom is -0.356 e. The molecule has 27 heavy (non-hydrogen) atoms. The number of aliphatic imine (C=N–C) groups is 1. The summed E-state index contributed by atoms with van der Waals surface area (Å²) in [5, 5.41) is 4.85. The molecule has 1 aromatic rings. The Kier molecular flexibility index (Phi) is 7.53. The maximum Gasteiger partial charge on any atom is 0.193 e. The number of nitrogens with one attached hydrogen (secondary N) is 1. The highest BCUT2D eigenvalue weighted by Gasteiger charge is 2.21. The van der Waals surface area contributed by atoms with Gasteiger partial charge in [-0.3, -0.25) is 4.99 Å². The lowest BCUT2D eigenvalue weighted by Crippen LogP contribution is -2.45. The van der Waals surface area contributed by atoms with Gasteiger partial charge in [0.15, 0.2) is 5.96 Å². The van der Waals surface area contributed by atoms with Crippen LogP contribution in [0.4, 0.5) is 0 Å². The van der Waals surface area contributed by atoms with Gasteiger partial charge in [0.2, 0.25) is 0 Å². The lowest BCUT2D eigenvalue weighted by molar-refractivity contribution is 0.159. The number of hydrogen-bond donors (Lipinski definition) is 1. The normalized spacial score (nSPS) is 21.4. The minimum absolute atomic E-state index is 0.717. The van der Waals surface area contributed by atoms with Crippen molar-refractivity contribution in [1.29, 1.82) is 0 Å². The zero-order valence-electron chi connectivity index (χ0n) is 17.6. The average molecular weight is 392 g/mol. The number of thiazole rings is 1. The second-order valence-corrected chi connectivity index (χ2v) is 9.80. The number of rotatable bonds is 6. The number of fused-ring (bicyclic) bond motifs is 1. The Balaban J connectivity index is 1.48. The average Bonchev–Trinajstić information content (AvgIpc) is 3.04. The first-order valence-electron chi connectivity index (χ1n) is 10.7. The van der Waals surface area contributed by atoms with Gasteiger partial charge in [-0.15, -0.1) is 11.3 Å². The number of aromatic nitrogens is 1. The smallest absolute Gasteiger partial charge is 0.193 e. The van der Waals surface area contributed by atoms with Crippen molar-refractivity contribution in [2.24, 2.45) is 16.8 Å². The van der Waals surface area contributed by atoms with E-state index in [1.54, 1.807) is 0 Å². The summed E-state index contributed by atoms with van der Waals surface area (Å²) in [6, 6.07) is 0. The predicted molar refractivity (Wildman–Crippen MR) is 116 cm³/mol. The lowest BCUT2D eigenvalue weighted by atomic mass is 9.97. The largest absolute Gasteiger partial charge is 0.356 e. The molecule has 2 heterocycles. The van der Waals surface area contributed by atoms with Crippen molar-refractivity contribution in [1.82, 2.24) is 20.1 Å². The van der Waals surface area contributed by atoms with Gasteiger partial charge in [0.1, 0.15) is 5.01 Å². The number of hydrogen-bond acceptors (Lipinski definition) is 4. The fraction of sp³-hybridized carbons (Fsp3) is 0.810. The summed E-state index contributed by atoms with van der Waals surface area (Å²) in [6.07, 6.45) is 7.64. The van der Waals surface area contributed by atoms with Gasteiger partial charge >= 0.3 is 0 Å². The van der Waals surface area contributed by atoms with Crippen LogP contribution in [0.15, 0.2) is 4.99 Å². The Labute approximate surface area is 169 Å². The molecule has 1 aliphatic carbocycles. The molecule has 5 nitrogen and oxygen atoms in total. The fourth-order valence-corrected chi connectivity index (χ4v) is 5.58. The molecule has 1 saturated heterocycles. The van der Waals surface area contributed by atoms with Gasteiger partial charge in [-0.05, 0) is 56.9 Å². The third kappa shape index (κ3) is 5.92. The predicted octanol–water partition coefficient (Wildman–Crippen LogP) is 3.40. The molecule has 2 aliphatic rings. The topological polar surface area (TPSA) is 43.8 Å². The van der Waals surface area contributed by atoms with Crippen molar-refractivity contribution in [2.75, 3.05) is 40.3 Å². The van der Waals surface area contributed by atoms with Gasteiger partial charge in [-0.2, -0.15) is 0 Å². The maximum absolute atomic E-state index is 4.88. The number of aryl methyl sites for hydroxylation is 2. The zero-order chi connectivity index (χ0) is 19.2. The summed E-state index contributed by atoms with van der Waals surface area (Å²) in [4.78, 5) is 15.8. The van der Waals surface area contributed by atoms with Gasteiger partial charge in [0.25, 0.3) is 0 Å². The van der Waals surface area contributed by atoms with Gasteiger partial charge in [0.05, 0.1) is 12.2 Å². The monoisotopic (exact) mass is 391 g/mol. The Morgan fingerprint density at radius 3 is 2.89 bits per heavy atom. The van der Waals surface area contributed by atoms with Gasteiger partial charge in [-0.25, -0.2) is 4.98 Å². The second kappa shape index (κ2) is 9.87. The number of piperidine rings is 1. The van der Waals surface area contributed by atoms with E-state index in [4.69, 9.17) is 4.98 Å². The van der Waals surface area contributed by atoms with Gasteiger partial charge < -0.3 is 15.1 Å². The maximum atomic E-state index is 4.88. The number of guanidine groups is 1. The molecular weight excluding hydrogens is 354 g/mol. The molecular formula is C21H37N5S. The van der Waals surface area contributed by atoms with Crippen LogP contribution in [0.3, 0.4) is 0 Å². The van der Waals surface area contributed by atoms with Crippen LogP contribution in [-0.2, 0) is 19.4 Å². The lowest BCUT2D eigenvalue weighted by Gasteiger charge is -2.34. The van der Waals surface area contributed by atoms with Crippen LogP contribution in [-0.4, -0.2) is 61.0 Å². The molecule has 152 valence electrons. The molecule has 1 unspecified atom stereocenters. The summed E-state index contributed by atoms with van der Waals surface area (Å²) in [5.74, 6) is 2.46. The highest BCUT2D eigenvalue weighted by Crippen LogP contribution is 2.27. The molecule has 1 atom stereocenters. The van der Waals surface area contributed by atoms with Crippen molar-refractivity contribution < 1.29 is 0 Å². The molecule has 0 saturated carbocycles. The van der Waals surface area contributed by atoms with E-state index in [9.17, 15) is 0 Å². The summed E-state index contributed by atoms with van der Waals surface area (Å²) in [7, 11) is 4.01. The van der Waals surface area contributed by atoms with Crippen molar-refractivity contribution in [2.45, 2.75) is 58.9 Å². The molecule has 1 fully saturated rings. The van der Waals surface area contributed by atoms with Crippen molar-refractivity contribution >= 4 is 17.3 Å². The Bertz CT molecular complexity index is 601. The van der Waals surface area contributed by atoms with E-state index in [1.165, 1.54) is 67.3 Å². The first kappa shape index (κ1) is 20.6. The molecule has 0 radical (unpaired) electrons. The molecule has 1 aliphatic heterocycles. The summed E-state index contributed by atoms with van der Waals surface area (Å²) < 4.78 is 0. The molecule has 0 amide bonds. The van der Waals surface area contributed by atoms with Crippen LogP contribution in [0.25, 0.3) is 0 Å². The molecule has 1 N–H and O–H groups in total. The van der Waals surface area contributed by atoms with Crippen LogP contribution >= 0.6 is 11.3 Å². The van der Waals surface area contributed by atoms with Crippen LogP contribution in [0, 0.1) is 11.8 Å². The minimum atomic E-state index is 0.717. The molecule has 3 rings (SSSR count). The Hall–Kier alpha value is -1.14. The molecule has 0 aromatic carbocycles. The third-order valence-electron chi connectivity index (χ3n) is 5.61. The van der Waals surface area contributed by atoms with E-state index in [-0.39, 0.29) is 0 Å². The van der Waals surface area contributed by atoms with E-state index >= 15 is 0 Å². The third-order valence-corrected chi connectivity index (χ3v) is 6.75. The van der Waals surface area contributed by atoms with Crippen LogP contribution in [0.5, 0.6) is 0 Å². The standard InChI is InChI=1S/C21H37N5S/c1-16(2)13-26-11-7-8-17(14-26)12-23-21(22-3)25(4)15-20-24-18-9-5-6-10-19(18)27-20/h16-17H,5-15H2,1-4H3,(H,22,23). The van der Waals surface area contributed by atoms with E-state index in [0.717, 1.165) is 37.3 Å². The molecule has 0 spiro atoms. The Morgan fingerprint density at radius 1 is 1.33 bits per heavy atom. The first-order valence-corrected chi connectivity index (χ1v) is 11.5. The van der Waals surface area contributed by atoms with Crippen molar-refractivity contribution in [3.8, 4) is 0 Å². The Morgan fingerprint density at radius 2 is 2.15 bits per heavy atom. The fourth-order valence-electron chi connectivity index (χ4n) is 4.37. The number of likely N-dealkylation sites (tertiary alicyclic amines) is 1. The van der Waals surface area contributed by atoms with E-state index in [2.05, 4.69) is 41.0 Å². The molecule has 6 heteroatoms. The number of nitrogens with zero attached hydrogens (tertiary/aromatic N) is 4. The molecule has 0 bridgehead atoms. The van der Waals surface area contributed by atoms with Crippen molar-refractivity contribution in [3.05, 3.63) is 15.6 Å². The highest BCUT2D eigenvalue weighted by atomic mass is 32.1. The van der Waals surface area contributed by atoms with E-state index in [0.29, 0.717) is 0 Å². The van der Waals surface area contributed by atoms with Gasteiger partial charge in [0, 0.05) is 38.6 Å². The summed E-state index contributed by atoms with van der Waals surface area (Å²) >= 11 is 1.90. The first-order chi connectivity index (χ1) is 13.0. The van der Waals surface area contributed by atoms with E-state index < -0.39 is 0 Å². The van der Waals surface area contributed by atoms with Crippen LogP contribution < -0.4 is 5.32 Å². The second-order valence-electron chi connectivity index (χ2n) is 8.63. The van der Waals surface area contributed by atoms with Crippen LogP contribution in [0.1, 0.15) is 55.1 Å². The van der Waals surface area contributed by atoms with E-state index in [1.807, 2.05) is 18.4 Å². The van der Waals surface area contributed by atoms with Crippen LogP contribution in [0.2, 0.25) is 0 Å². The van der Waals surface area contributed by atoms with Gasteiger partial charge in [-0.1, -0.05) is 13.8 Å². The molecule has 1 aromatic heterocycles.